The number of rotatable bonds is 0. The van der Waals surface area contributed by atoms with Crippen molar-refractivity contribution in [2.24, 2.45) is 0 Å². The van der Waals surface area contributed by atoms with Crippen LogP contribution in [0.1, 0.15) is 0 Å². The number of hydrogen-bond acceptors (Lipinski definition) is 2. The molecule has 5 heavy (non-hydrogen) atoms. The van der Waals surface area contributed by atoms with Gasteiger partial charge in [0.25, 0.3) is 0 Å². The molecule has 0 aromatic rings. The topological polar surface area (TPSA) is 34.1 Å². The summed E-state index contributed by atoms with van der Waals surface area (Å²) in [5.41, 5.74) is 0. The zero-order valence-corrected chi connectivity index (χ0v) is 3.62. The van der Waals surface area contributed by atoms with Gasteiger partial charge in [0, 0.05) is 0 Å². The van der Waals surface area contributed by atoms with Crippen LogP contribution in [0.2, 0.25) is 6.82 Å². The van der Waals surface area contributed by atoms with Crippen LogP contribution in [0.15, 0.2) is 0 Å². The third-order valence-electron chi connectivity index (χ3n) is 0.192. The first kappa shape index (κ1) is 4.88. The SMILES string of the molecule is CB=S(=O)=O. The second kappa shape index (κ2) is 2.14. The molecule has 0 heterocycles. The summed E-state index contributed by atoms with van der Waals surface area (Å²) >= 11 is 0. The standard InChI is InChI=1S/CH3BO2S/c1-2-5(3)4/h1H3. The van der Waals surface area contributed by atoms with Crippen molar-refractivity contribution in [1.29, 1.82) is 0 Å². The van der Waals surface area contributed by atoms with E-state index in [4.69, 9.17) is 0 Å². The fourth-order valence-corrected chi connectivity index (χ4v) is 0. The summed E-state index contributed by atoms with van der Waals surface area (Å²) in [6, 6.07) is 0. The zero-order chi connectivity index (χ0) is 4.28. The van der Waals surface area contributed by atoms with E-state index in [2.05, 4.69) is 0 Å². The van der Waals surface area contributed by atoms with E-state index in [0.717, 1.165) is 6.15 Å². The molecule has 0 aliphatic heterocycles. The molecule has 0 saturated heterocycles. The number of hydrogen-bond donors (Lipinski definition) is 0. The Labute approximate surface area is 32.5 Å². The first-order chi connectivity index (χ1) is 2.27. The van der Waals surface area contributed by atoms with E-state index in [9.17, 15) is 8.42 Å². The molecule has 2 nitrogen and oxygen atoms in total. The van der Waals surface area contributed by atoms with Crippen molar-refractivity contribution in [3.05, 3.63) is 0 Å². The Morgan fingerprint density at radius 2 is 1.80 bits per heavy atom. The molecule has 0 amide bonds. The summed E-state index contributed by atoms with van der Waals surface area (Å²) in [5, 5.41) is 0. The molecular formula is CH3BO2S. The van der Waals surface area contributed by atoms with Crippen molar-refractivity contribution in [2.45, 2.75) is 6.82 Å². The van der Waals surface area contributed by atoms with Gasteiger partial charge in [0.1, 0.15) is 0 Å². The maximum absolute atomic E-state index is 9.31. The third kappa shape index (κ3) is 3.88. The molecule has 0 N–H and O–H groups in total. The van der Waals surface area contributed by atoms with Crippen LogP contribution in [0.25, 0.3) is 0 Å². The van der Waals surface area contributed by atoms with Crippen molar-refractivity contribution in [1.82, 2.24) is 0 Å². The summed E-state index contributed by atoms with van der Waals surface area (Å²) in [7, 11) is -1.95. The van der Waals surface area contributed by atoms with Crippen molar-refractivity contribution in [2.75, 3.05) is 0 Å². The van der Waals surface area contributed by atoms with E-state index in [-0.39, 0.29) is 0 Å². The van der Waals surface area contributed by atoms with E-state index >= 15 is 0 Å². The summed E-state index contributed by atoms with van der Waals surface area (Å²) in [5.74, 6) is 0. The van der Waals surface area contributed by atoms with Gasteiger partial charge in [0.15, 0.2) is 0 Å². The molecule has 0 radical (unpaired) electrons. The van der Waals surface area contributed by atoms with Crippen LogP contribution in [-0.4, -0.2) is 14.6 Å². The Morgan fingerprint density at radius 1 is 1.60 bits per heavy atom. The van der Waals surface area contributed by atoms with Crippen LogP contribution in [0.3, 0.4) is 0 Å². The molecule has 0 aromatic carbocycles. The maximum atomic E-state index is 9.31. The molecule has 0 aromatic heterocycles. The Bertz CT molecular complexity index is 113. The Hall–Kier alpha value is -0.115. The summed E-state index contributed by atoms with van der Waals surface area (Å²) < 4.78 is 18.6. The van der Waals surface area contributed by atoms with Gasteiger partial charge in [-0.15, -0.1) is 0 Å². The molecule has 28 valence electrons. The third-order valence-corrected chi connectivity index (χ3v) is 0.577. The predicted molar refractivity (Wildman–Crippen MR) is 20.5 cm³/mol. The molecule has 0 fully saturated rings. The second-order valence-electron chi connectivity index (χ2n) is 0.496. The van der Waals surface area contributed by atoms with Gasteiger partial charge in [0.05, 0.1) is 0 Å². The van der Waals surface area contributed by atoms with Gasteiger partial charge in [-0.05, 0) is 0 Å². The van der Waals surface area contributed by atoms with Gasteiger partial charge in [0.2, 0.25) is 0 Å². The molecule has 0 rings (SSSR count). The normalized spacial score (nSPS) is 5.80. The minimum atomic E-state index is -1.95. The van der Waals surface area contributed by atoms with Crippen LogP contribution < -0.4 is 0 Å². The molecular weight excluding hydrogens is 86.9 g/mol. The molecule has 4 heteroatoms. The van der Waals surface area contributed by atoms with Crippen LogP contribution >= 0.6 is 0 Å². The quantitative estimate of drug-likeness (QED) is 0.377. The van der Waals surface area contributed by atoms with Crippen LogP contribution in [0.4, 0.5) is 0 Å². The molecule has 0 bridgehead atoms. The van der Waals surface area contributed by atoms with Crippen LogP contribution in [0, 0.1) is 0 Å². The monoisotopic (exact) mass is 90.0 g/mol. The van der Waals surface area contributed by atoms with Crippen molar-refractivity contribution in [3.63, 3.8) is 0 Å². The van der Waals surface area contributed by atoms with Gasteiger partial charge in [-0.2, -0.15) is 0 Å². The average Bonchev–Trinajstić information content (AvgIpc) is 1.38. The molecule has 0 spiro atoms. The van der Waals surface area contributed by atoms with Crippen LogP contribution in [0.5, 0.6) is 0 Å². The van der Waals surface area contributed by atoms with Crippen molar-refractivity contribution in [3.8, 4) is 0 Å². The fourth-order valence-electron chi connectivity index (χ4n) is 0. The summed E-state index contributed by atoms with van der Waals surface area (Å²) in [6.45, 7) is 1.46. The summed E-state index contributed by atoms with van der Waals surface area (Å²) in [6.07, 6.45) is 1.08. The van der Waals surface area contributed by atoms with Crippen molar-refractivity contribution < 1.29 is 8.42 Å². The summed E-state index contributed by atoms with van der Waals surface area (Å²) in [4.78, 5) is 0. The van der Waals surface area contributed by atoms with E-state index in [1.54, 1.807) is 0 Å². The molecule has 0 aliphatic carbocycles. The Kier molecular flexibility index (Phi) is 2.09. The first-order valence-electron chi connectivity index (χ1n) is 1.15. The Morgan fingerprint density at radius 3 is 1.80 bits per heavy atom. The van der Waals surface area contributed by atoms with E-state index in [1.807, 2.05) is 0 Å². The molecule has 0 saturated carbocycles. The Balaban J connectivity index is 4.25. The molecule has 0 atom stereocenters. The van der Waals surface area contributed by atoms with Crippen molar-refractivity contribution >= 4 is 16.3 Å². The molecule has 0 unspecified atom stereocenters. The fraction of sp³-hybridized carbons (Fsp3) is 1.00. The first-order valence-corrected chi connectivity index (χ1v) is 2.28. The van der Waals surface area contributed by atoms with E-state index < -0.39 is 10.1 Å². The van der Waals surface area contributed by atoms with Gasteiger partial charge in [-0.1, -0.05) is 0 Å². The van der Waals surface area contributed by atoms with E-state index in [0.29, 0.717) is 0 Å². The minimum absolute atomic E-state index is 1.08. The molecule has 0 aliphatic rings. The predicted octanol–water partition coefficient (Wildman–Crippen LogP) is -0.467. The van der Waals surface area contributed by atoms with Gasteiger partial charge < -0.3 is 0 Å². The van der Waals surface area contributed by atoms with E-state index in [1.165, 1.54) is 6.82 Å². The van der Waals surface area contributed by atoms with Gasteiger partial charge >= 0.3 is 31.5 Å². The second-order valence-corrected chi connectivity index (χ2v) is 1.49. The van der Waals surface area contributed by atoms with Crippen LogP contribution in [-0.2, 0) is 10.1 Å². The van der Waals surface area contributed by atoms with Gasteiger partial charge in [-0.3, -0.25) is 0 Å². The zero-order valence-electron chi connectivity index (χ0n) is 2.80. The average molecular weight is 89.9 g/mol. The van der Waals surface area contributed by atoms with Gasteiger partial charge in [-0.25, -0.2) is 0 Å².